The second kappa shape index (κ2) is 12.9. The Morgan fingerprint density at radius 1 is 0.907 bits per heavy atom. The molecule has 8 atom stereocenters. The number of carbonyl (C=O) groups is 1. The minimum atomic E-state index is -1.52. The van der Waals surface area contributed by atoms with Gasteiger partial charge in [-0.05, 0) is 66.4 Å². The van der Waals surface area contributed by atoms with E-state index in [1.165, 1.54) is 71.6 Å². The van der Waals surface area contributed by atoms with Crippen molar-refractivity contribution in [2.24, 2.45) is 5.92 Å². The number of halogens is 2. The fraction of sp³-hybridized carbons (Fsp3) is 0.344. The van der Waals surface area contributed by atoms with Crippen molar-refractivity contribution < 1.29 is 49.0 Å². The highest BCUT2D eigenvalue weighted by atomic mass is 19.1. The maximum absolute atomic E-state index is 13.6. The molecule has 11 heteroatoms. The molecule has 2 fully saturated rings. The van der Waals surface area contributed by atoms with E-state index in [4.69, 9.17) is 4.74 Å². The predicted molar refractivity (Wildman–Crippen MR) is 152 cm³/mol. The highest BCUT2D eigenvalue weighted by Gasteiger charge is 2.49. The Morgan fingerprint density at radius 3 is 2.19 bits per heavy atom. The Hall–Kier alpha value is -3.71. The zero-order chi connectivity index (χ0) is 30.8. The van der Waals surface area contributed by atoms with Gasteiger partial charge in [-0.1, -0.05) is 36.4 Å². The summed E-state index contributed by atoms with van der Waals surface area (Å²) in [6.45, 7) is -0.558. The Balaban J connectivity index is 1.37. The number of benzene rings is 3. The molecule has 0 aliphatic carbocycles. The standard InChI is InChI=1S/C32H33F2NO8/c33-19-5-3-18(4-6-19)24(37)13-12-23-28(35(32(23)42)21-9-7-20(34)8-10-21)22-11-1-17(15-25(22)38)2-14-26-29(39)31(41)30(40)27(16-36)43-26/h1-11,14-15,23-24,26-31,36-41H,12-13,16H2/b14-2+/t23-,24+,26+,27-,28-,29+,30-,31-/m1/s1. The molecule has 2 heterocycles. The summed E-state index contributed by atoms with van der Waals surface area (Å²) in [5.41, 5.74) is 1.88. The summed E-state index contributed by atoms with van der Waals surface area (Å²) in [4.78, 5) is 14.8. The third kappa shape index (κ3) is 6.32. The Labute approximate surface area is 246 Å². The topological polar surface area (TPSA) is 151 Å². The van der Waals surface area contributed by atoms with Crippen molar-refractivity contribution in [2.75, 3.05) is 11.5 Å². The van der Waals surface area contributed by atoms with Crippen molar-refractivity contribution in [3.63, 3.8) is 0 Å². The van der Waals surface area contributed by atoms with E-state index in [1.807, 2.05) is 0 Å². The van der Waals surface area contributed by atoms with Crippen LogP contribution in [0.3, 0.4) is 0 Å². The molecule has 6 N–H and O–H groups in total. The van der Waals surface area contributed by atoms with Crippen LogP contribution < -0.4 is 4.90 Å². The molecule has 5 rings (SSSR count). The lowest BCUT2D eigenvalue weighted by molar-refractivity contribution is -0.216. The van der Waals surface area contributed by atoms with Gasteiger partial charge >= 0.3 is 0 Å². The fourth-order valence-electron chi connectivity index (χ4n) is 5.67. The van der Waals surface area contributed by atoms with Gasteiger partial charge in [0.25, 0.3) is 0 Å². The van der Waals surface area contributed by atoms with Crippen molar-refractivity contribution in [3.05, 3.63) is 101 Å². The third-order valence-corrected chi connectivity index (χ3v) is 8.11. The quantitative estimate of drug-likeness (QED) is 0.206. The van der Waals surface area contributed by atoms with Crippen LogP contribution in [-0.4, -0.2) is 73.7 Å². The number of carbonyl (C=O) groups excluding carboxylic acids is 1. The van der Waals surface area contributed by atoms with Gasteiger partial charge < -0.3 is 40.3 Å². The first kappa shape index (κ1) is 30.7. The smallest absolute Gasteiger partial charge is 0.233 e. The van der Waals surface area contributed by atoms with E-state index in [-0.39, 0.29) is 24.5 Å². The molecule has 2 aliphatic rings. The van der Waals surface area contributed by atoms with E-state index in [2.05, 4.69) is 0 Å². The SMILES string of the molecule is O=C1[C@H](CC[C@H](O)c2ccc(F)cc2)[C@@H](c2ccc(/C=C/[C@@H]3O[C@H](CO)[C@@H](O)[C@H](O)[C@H]3O)cc2O)N1c1ccc(F)cc1. The number of aromatic hydroxyl groups is 1. The molecule has 3 aromatic carbocycles. The molecule has 0 spiro atoms. The molecular weight excluding hydrogens is 564 g/mol. The molecule has 9 nitrogen and oxygen atoms in total. The predicted octanol–water partition coefficient (Wildman–Crippen LogP) is 2.74. The lowest BCUT2D eigenvalue weighted by Gasteiger charge is -2.48. The lowest BCUT2D eigenvalue weighted by Crippen LogP contribution is -2.57. The van der Waals surface area contributed by atoms with Gasteiger partial charge in [0.15, 0.2) is 0 Å². The van der Waals surface area contributed by atoms with Crippen molar-refractivity contribution in [1.82, 2.24) is 0 Å². The van der Waals surface area contributed by atoms with Crippen molar-refractivity contribution in [1.29, 1.82) is 0 Å². The van der Waals surface area contributed by atoms with E-state index < -0.39 is 66.8 Å². The number of phenolic OH excluding ortho intramolecular Hbond substituents is 1. The van der Waals surface area contributed by atoms with E-state index >= 15 is 0 Å². The Bertz CT molecular complexity index is 1450. The first-order valence-electron chi connectivity index (χ1n) is 13.9. The number of aliphatic hydroxyl groups excluding tert-OH is 5. The van der Waals surface area contributed by atoms with Crippen LogP contribution in [0.5, 0.6) is 5.75 Å². The minimum absolute atomic E-state index is 0.135. The molecule has 228 valence electrons. The molecule has 0 bridgehead atoms. The molecule has 2 saturated heterocycles. The molecule has 2 aliphatic heterocycles. The number of hydrogen-bond donors (Lipinski definition) is 6. The van der Waals surface area contributed by atoms with Crippen LogP contribution in [0.15, 0.2) is 72.8 Å². The van der Waals surface area contributed by atoms with Crippen LogP contribution >= 0.6 is 0 Å². The van der Waals surface area contributed by atoms with E-state index in [0.717, 1.165) is 0 Å². The highest BCUT2D eigenvalue weighted by molar-refractivity contribution is 6.03. The summed E-state index contributed by atoms with van der Waals surface area (Å²) >= 11 is 0. The maximum atomic E-state index is 13.6. The number of β-lactam (4-membered cyclic amide) rings is 1. The molecule has 3 aromatic rings. The largest absolute Gasteiger partial charge is 0.508 e. The van der Waals surface area contributed by atoms with Gasteiger partial charge in [0.1, 0.15) is 47.9 Å². The van der Waals surface area contributed by atoms with Crippen LogP contribution in [0, 0.1) is 17.6 Å². The van der Waals surface area contributed by atoms with Gasteiger partial charge in [-0.25, -0.2) is 8.78 Å². The van der Waals surface area contributed by atoms with Crippen LogP contribution in [0.4, 0.5) is 14.5 Å². The number of aliphatic hydroxyl groups is 5. The summed E-state index contributed by atoms with van der Waals surface area (Å²) < 4.78 is 32.4. The molecule has 1 amide bonds. The van der Waals surface area contributed by atoms with Gasteiger partial charge in [-0.2, -0.15) is 0 Å². The number of anilines is 1. The Morgan fingerprint density at radius 2 is 1.56 bits per heavy atom. The van der Waals surface area contributed by atoms with Crippen LogP contribution in [0.2, 0.25) is 0 Å². The lowest BCUT2D eigenvalue weighted by atomic mass is 9.77. The maximum Gasteiger partial charge on any atom is 0.233 e. The summed E-state index contributed by atoms with van der Waals surface area (Å²) in [5.74, 6) is -1.90. The number of phenols is 1. The van der Waals surface area contributed by atoms with Gasteiger partial charge in [0, 0.05) is 11.3 Å². The highest BCUT2D eigenvalue weighted by Crippen LogP contribution is 2.48. The van der Waals surface area contributed by atoms with E-state index in [0.29, 0.717) is 22.4 Å². The monoisotopic (exact) mass is 597 g/mol. The van der Waals surface area contributed by atoms with Crippen LogP contribution in [-0.2, 0) is 9.53 Å². The zero-order valence-electron chi connectivity index (χ0n) is 22.9. The summed E-state index contributed by atoms with van der Waals surface area (Å²) in [6.07, 6.45) is -4.03. The first-order valence-corrected chi connectivity index (χ1v) is 13.9. The summed E-state index contributed by atoms with van der Waals surface area (Å²) in [7, 11) is 0. The normalized spacial score (nSPS) is 28.2. The second-order valence-electron chi connectivity index (χ2n) is 10.9. The van der Waals surface area contributed by atoms with Crippen molar-refractivity contribution in [3.8, 4) is 5.75 Å². The molecule has 43 heavy (non-hydrogen) atoms. The van der Waals surface area contributed by atoms with Crippen LogP contribution in [0.25, 0.3) is 6.08 Å². The first-order chi connectivity index (χ1) is 20.6. The molecule has 0 aromatic heterocycles. The third-order valence-electron chi connectivity index (χ3n) is 8.11. The molecule has 0 unspecified atom stereocenters. The van der Waals surface area contributed by atoms with Crippen LogP contribution in [0.1, 0.15) is 41.7 Å². The van der Waals surface area contributed by atoms with Gasteiger partial charge in [-0.15, -0.1) is 0 Å². The van der Waals surface area contributed by atoms with Gasteiger partial charge in [-0.3, -0.25) is 4.79 Å². The zero-order valence-corrected chi connectivity index (χ0v) is 22.9. The number of hydrogen-bond acceptors (Lipinski definition) is 8. The number of nitrogens with zero attached hydrogens (tertiary/aromatic N) is 1. The van der Waals surface area contributed by atoms with E-state index in [9.17, 15) is 44.2 Å². The molecule has 0 radical (unpaired) electrons. The number of ether oxygens (including phenoxy) is 1. The fourth-order valence-corrected chi connectivity index (χ4v) is 5.67. The van der Waals surface area contributed by atoms with E-state index in [1.54, 1.807) is 12.1 Å². The van der Waals surface area contributed by atoms with Crippen molar-refractivity contribution >= 4 is 17.7 Å². The summed E-state index contributed by atoms with van der Waals surface area (Å²) in [6, 6.07) is 15.0. The van der Waals surface area contributed by atoms with Gasteiger partial charge in [0.2, 0.25) is 5.91 Å². The number of amides is 1. The molecular formula is C32H33F2NO8. The Kier molecular flexibility index (Phi) is 9.21. The van der Waals surface area contributed by atoms with Gasteiger partial charge in [0.05, 0.1) is 24.7 Å². The minimum Gasteiger partial charge on any atom is -0.508 e. The average Bonchev–Trinajstić information content (AvgIpc) is 3.00. The van der Waals surface area contributed by atoms with Crippen molar-refractivity contribution in [2.45, 2.75) is 55.5 Å². The summed E-state index contributed by atoms with van der Waals surface area (Å²) in [5, 5.41) is 61.4. The average molecular weight is 598 g/mol. The number of rotatable bonds is 9. The second-order valence-corrected chi connectivity index (χ2v) is 10.9. The molecule has 0 saturated carbocycles.